The second-order valence-corrected chi connectivity index (χ2v) is 14.7. The molecule has 0 aliphatic carbocycles. The summed E-state index contributed by atoms with van der Waals surface area (Å²) in [6.45, 7) is 14.3. The lowest BCUT2D eigenvalue weighted by Crippen LogP contribution is -2.66. The van der Waals surface area contributed by atoms with Gasteiger partial charge in [-0.25, -0.2) is 0 Å². The maximum Gasteiger partial charge on any atom is 0.261 e. The average Bonchev–Trinajstić information content (AvgIpc) is 3.00. The minimum Gasteiger partial charge on any atom is -0.405 e. The van der Waals surface area contributed by atoms with Crippen LogP contribution in [0.4, 0.5) is 0 Å². The predicted octanol–water partition coefficient (Wildman–Crippen LogP) is 3.31. The van der Waals surface area contributed by atoms with Crippen LogP contribution in [0.1, 0.15) is 20.8 Å². The van der Waals surface area contributed by atoms with Crippen LogP contribution in [-0.4, -0.2) is 107 Å². The van der Waals surface area contributed by atoms with Gasteiger partial charge >= 0.3 is 0 Å². The van der Waals surface area contributed by atoms with Gasteiger partial charge in [0, 0.05) is 0 Å². The van der Waals surface area contributed by atoms with E-state index in [1.54, 1.807) is 0 Å². The van der Waals surface area contributed by atoms with Crippen molar-refractivity contribution in [1.82, 2.24) is 0 Å². The molecule has 0 saturated carbocycles. The van der Waals surface area contributed by atoms with E-state index in [4.69, 9.17) is 44.0 Å². The number of hydrogen-bond donors (Lipinski definition) is 0. The van der Waals surface area contributed by atoms with Crippen molar-refractivity contribution < 1.29 is 37.6 Å². The van der Waals surface area contributed by atoms with Gasteiger partial charge in [0.25, 0.3) is 8.32 Å². The van der Waals surface area contributed by atoms with E-state index >= 15 is 0 Å². The molecule has 0 N–H and O–H groups in total. The van der Waals surface area contributed by atoms with Gasteiger partial charge in [-0.15, -0.1) is 6.42 Å². The Morgan fingerprint density at radius 2 is 0.810 bits per heavy atom. The number of terminal acetylenes is 1. The van der Waals surface area contributed by atoms with Crippen molar-refractivity contribution >= 4 is 18.7 Å². The van der Waals surface area contributed by atoms with Crippen LogP contribution in [0.3, 0.4) is 0 Å². The Labute approximate surface area is 254 Å². The second-order valence-electron chi connectivity index (χ2n) is 10.4. The van der Waals surface area contributed by atoms with Crippen molar-refractivity contribution in [3.8, 4) is 12.3 Å². The average molecular weight is 603 g/mol. The minimum absolute atomic E-state index is 0.0493. The van der Waals surface area contributed by atoms with E-state index in [1.807, 2.05) is 0 Å². The summed E-state index contributed by atoms with van der Waals surface area (Å²) in [5, 5.41) is 2.49. The molecule has 0 radical (unpaired) electrons. The molecule has 0 saturated heterocycles. The predicted molar refractivity (Wildman–Crippen MR) is 168 cm³/mol. The fourth-order valence-corrected chi connectivity index (χ4v) is 9.01. The van der Waals surface area contributed by atoms with Gasteiger partial charge in [-0.05, 0) is 15.4 Å². The monoisotopic (exact) mass is 602 g/mol. The van der Waals surface area contributed by atoms with Gasteiger partial charge in [0.2, 0.25) is 0 Å². The van der Waals surface area contributed by atoms with E-state index in [-0.39, 0.29) is 5.04 Å². The standard InChI is InChI=1S/C33H50O8Si/c1-5-16-34-17-18-35-19-20-36-21-22-37-23-24-38-25-26-39-27-28-40-29-30-41-42(33(2,3)4,31-12-8-6-9-13-31)32-14-10-7-11-15-32/h1,6-15H,16-30H2,2-4H3. The smallest absolute Gasteiger partial charge is 0.261 e. The van der Waals surface area contributed by atoms with Gasteiger partial charge < -0.3 is 37.6 Å². The first-order valence-electron chi connectivity index (χ1n) is 14.7. The summed E-state index contributed by atoms with van der Waals surface area (Å²) in [5.41, 5.74) is 0. The largest absolute Gasteiger partial charge is 0.405 e. The molecule has 0 atom stereocenters. The van der Waals surface area contributed by atoms with Crippen molar-refractivity contribution in [2.75, 3.05) is 99.1 Å². The van der Waals surface area contributed by atoms with Crippen LogP contribution in [0.15, 0.2) is 60.7 Å². The molecule has 0 aromatic heterocycles. The van der Waals surface area contributed by atoms with Gasteiger partial charge in [-0.1, -0.05) is 87.4 Å². The first-order chi connectivity index (χ1) is 20.5. The number of hydrogen-bond acceptors (Lipinski definition) is 8. The Morgan fingerprint density at radius 1 is 0.500 bits per heavy atom. The first kappa shape index (κ1) is 36.1. The van der Waals surface area contributed by atoms with Crippen molar-refractivity contribution in [3.63, 3.8) is 0 Å². The molecule has 0 bridgehead atoms. The van der Waals surface area contributed by atoms with E-state index < -0.39 is 8.32 Å². The normalized spacial score (nSPS) is 12.0. The summed E-state index contributed by atoms with van der Waals surface area (Å²) in [4.78, 5) is 0. The molecule has 234 valence electrons. The lowest BCUT2D eigenvalue weighted by atomic mass is 10.2. The molecule has 0 fully saturated rings. The maximum atomic E-state index is 6.83. The molecular weight excluding hydrogens is 552 g/mol. The highest BCUT2D eigenvalue weighted by molar-refractivity contribution is 6.99. The molecule has 0 aliphatic rings. The zero-order valence-corrected chi connectivity index (χ0v) is 26.7. The zero-order chi connectivity index (χ0) is 30.2. The molecule has 0 unspecified atom stereocenters. The maximum absolute atomic E-state index is 6.83. The van der Waals surface area contributed by atoms with E-state index in [9.17, 15) is 0 Å². The zero-order valence-electron chi connectivity index (χ0n) is 25.7. The topological polar surface area (TPSA) is 73.8 Å². The van der Waals surface area contributed by atoms with Gasteiger partial charge in [0.1, 0.15) is 6.61 Å². The molecule has 2 aromatic rings. The highest BCUT2D eigenvalue weighted by atomic mass is 28.4. The van der Waals surface area contributed by atoms with E-state index in [2.05, 4.69) is 87.4 Å². The summed E-state index contributed by atoms with van der Waals surface area (Å²) in [6.07, 6.45) is 5.09. The Hall–Kier alpha value is -2.10. The number of rotatable bonds is 25. The third kappa shape index (κ3) is 13.9. The van der Waals surface area contributed by atoms with Crippen molar-refractivity contribution in [1.29, 1.82) is 0 Å². The van der Waals surface area contributed by atoms with Crippen molar-refractivity contribution in [2.24, 2.45) is 0 Å². The van der Waals surface area contributed by atoms with Crippen LogP contribution < -0.4 is 10.4 Å². The van der Waals surface area contributed by atoms with E-state index in [1.165, 1.54) is 10.4 Å². The second kappa shape index (κ2) is 22.4. The minimum atomic E-state index is -2.52. The van der Waals surface area contributed by atoms with E-state index in [0.29, 0.717) is 99.1 Å². The lowest BCUT2D eigenvalue weighted by Gasteiger charge is -2.43. The first-order valence-corrected chi connectivity index (χ1v) is 16.7. The number of benzene rings is 2. The molecule has 2 rings (SSSR count). The van der Waals surface area contributed by atoms with Crippen molar-refractivity contribution in [2.45, 2.75) is 25.8 Å². The summed E-state index contributed by atoms with van der Waals surface area (Å²) in [7, 11) is -2.52. The van der Waals surface area contributed by atoms with E-state index in [0.717, 1.165) is 0 Å². The van der Waals surface area contributed by atoms with Crippen LogP contribution in [0.2, 0.25) is 5.04 Å². The Bertz CT molecular complexity index is 907. The fourth-order valence-electron chi connectivity index (χ4n) is 4.47. The highest BCUT2D eigenvalue weighted by Crippen LogP contribution is 2.36. The quantitative estimate of drug-likeness (QED) is 0.0974. The molecule has 0 amide bonds. The summed E-state index contributed by atoms with van der Waals surface area (Å²) >= 11 is 0. The third-order valence-electron chi connectivity index (χ3n) is 6.38. The van der Waals surface area contributed by atoms with Gasteiger partial charge in [-0.2, -0.15) is 0 Å². The highest BCUT2D eigenvalue weighted by Gasteiger charge is 2.49. The Balaban J connectivity index is 1.48. The lowest BCUT2D eigenvalue weighted by molar-refractivity contribution is -0.0205. The molecule has 42 heavy (non-hydrogen) atoms. The van der Waals surface area contributed by atoms with Crippen LogP contribution in [0.25, 0.3) is 0 Å². The SMILES string of the molecule is C#CCOCCOCCOCCOCCOCCOCCOCCO[Si](c1ccccc1)(c1ccccc1)C(C)(C)C. The molecule has 0 heterocycles. The van der Waals surface area contributed by atoms with Crippen LogP contribution in [0, 0.1) is 12.3 Å². The van der Waals surface area contributed by atoms with Crippen LogP contribution >= 0.6 is 0 Å². The third-order valence-corrected chi connectivity index (χ3v) is 11.4. The molecule has 8 nitrogen and oxygen atoms in total. The summed E-state index contributed by atoms with van der Waals surface area (Å²) < 4.78 is 45.2. The van der Waals surface area contributed by atoms with Crippen molar-refractivity contribution in [3.05, 3.63) is 60.7 Å². The molecule has 0 spiro atoms. The molecule has 2 aromatic carbocycles. The van der Waals surface area contributed by atoms with Crippen LogP contribution in [-0.2, 0) is 37.6 Å². The Kier molecular flexibility index (Phi) is 19.3. The Morgan fingerprint density at radius 3 is 1.12 bits per heavy atom. The summed E-state index contributed by atoms with van der Waals surface area (Å²) in [6, 6.07) is 21.3. The molecular formula is C33H50O8Si. The van der Waals surface area contributed by atoms with Gasteiger partial charge in [-0.3, -0.25) is 0 Å². The van der Waals surface area contributed by atoms with Gasteiger partial charge in [0.15, 0.2) is 0 Å². The fraction of sp³-hybridized carbons (Fsp3) is 0.576. The van der Waals surface area contributed by atoms with Gasteiger partial charge in [0.05, 0.1) is 92.5 Å². The molecule has 0 aliphatic heterocycles. The summed E-state index contributed by atoms with van der Waals surface area (Å²) in [5.74, 6) is 2.41. The molecule has 9 heteroatoms. The van der Waals surface area contributed by atoms with Crippen LogP contribution in [0.5, 0.6) is 0 Å². The number of ether oxygens (including phenoxy) is 7.